The number of benzene rings is 2. The highest BCUT2D eigenvalue weighted by atomic mass is 16.5. The van der Waals surface area contributed by atoms with E-state index < -0.39 is 6.04 Å². The van der Waals surface area contributed by atoms with Crippen molar-refractivity contribution in [3.8, 4) is 0 Å². The minimum absolute atomic E-state index is 0.121. The maximum atomic E-state index is 12.9. The van der Waals surface area contributed by atoms with Crippen molar-refractivity contribution in [1.29, 1.82) is 0 Å². The Hall–Kier alpha value is -3.12. The van der Waals surface area contributed by atoms with Crippen molar-refractivity contribution in [3.63, 3.8) is 0 Å². The third-order valence-corrected chi connectivity index (χ3v) is 6.31. The Labute approximate surface area is 182 Å². The molecule has 0 fully saturated rings. The molecule has 6 nitrogen and oxygen atoms in total. The number of carbonyl (C=O) groups excluding carboxylic acids is 2. The first-order valence-electron chi connectivity index (χ1n) is 10.6. The van der Waals surface area contributed by atoms with Gasteiger partial charge in [-0.15, -0.1) is 0 Å². The van der Waals surface area contributed by atoms with Gasteiger partial charge in [0.25, 0.3) is 0 Å². The second-order valence-corrected chi connectivity index (χ2v) is 7.97. The molecule has 0 amide bonds. The number of fused-ring (bicyclic) bond motifs is 3. The summed E-state index contributed by atoms with van der Waals surface area (Å²) in [6, 6.07) is 17.8. The van der Waals surface area contributed by atoms with Crippen molar-refractivity contribution in [2.75, 3.05) is 14.2 Å². The van der Waals surface area contributed by atoms with Crippen LogP contribution in [0.25, 0.3) is 10.9 Å². The number of aromatic nitrogens is 1. The van der Waals surface area contributed by atoms with E-state index in [-0.39, 0.29) is 24.4 Å². The van der Waals surface area contributed by atoms with Gasteiger partial charge in [0.1, 0.15) is 6.04 Å². The Morgan fingerprint density at radius 2 is 1.71 bits per heavy atom. The summed E-state index contributed by atoms with van der Waals surface area (Å²) in [7, 11) is 4.90. The van der Waals surface area contributed by atoms with E-state index in [1.165, 1.54) is 14.2 Å². The van der Waals surface area contributed by atoms with E-state index >= 15 is 0 Å². The van der Waals surface area contributed by atoms with Crippen LogP contribution in [0.4, 0.5) is 0 Å². The summed E-state index contributed by atoms with van der Waals surface area (Å²) in [6.07, 6.45) is 1.41. The molecular weight excluding hydrogens is 392 g/mol. The number of ether oxygens (including phenoxy) is 2. The number of carbonyl (C=O) groups is 2. The molecule has 0 bridgehead atoms. The van der Waals surface area contributed by atoms with Crippen molar-refractivity contribution in [3.05, 3.63) is 71.4 Å². The number of methoxy groups -OCH3 is 2. The Bertz CT molecular complexity index is 1090. The number of hydrogen-bond acceptors (Lipinski definition) is 5. The average Bonchev–Trinajstić information content (AvgIpc) is 3.09. The minimum atomic E-state index is -0.425. The van der Waals surface area contributed by atoms with Crippen LogP contribution in [0.3, 0.4) is 0 Å². The van der Waals surface area contributed by atoms with Gasteiger partial charge in [0.05, 0.1) is 20.3 Å². The summed E-state index contributed by atoms with van der Waals surface area (Å²) in [4.78, 5) is 27.1. The van der Waals surface area contributed by atoms with Gasteiger partial charge in [-0.05, 0) is 23.6 Å². The smallest absolute Gasteiger partial charge is 0.323 e. The third kappa shape index (κ3) is 3.95. The summed E-state index contributed by atoms with van der Waals surface area (Å²) in [5, 5.41) is 1.15. The number of para-hydroxylation sites is 1. The van der Waals surface area contributed by atoms with Gasteiger partial charge in [-0.3, -0.25) is 14.5 Å². The monoisotopic (exact) mass is 420 g/mol. The fraction of sp³-hybridized carbons (Fsp3) is 0.360. The lowest BCUT2D eigenvalue weighted by Crippen LogP contribution is -2.48. The van der Waals surface area contributed by atoms with Crippen LogP contribution in [0.2, 0.25) is 0 Å². The van der Waals surface area contributed by atoms with Crippen LogP contribution >= 0.6 is 0 Å². The van der Waals surface area contributed by atoms with Crippen molar-refractivity contribution >= 4 is 22.8 Å². The Morgan fingerprint density at radius 1 is 1.00 bits per heavy atom. The number of rotatable bonds is 6. The first-order valence-corrected chi connectivity index (χ1v) is 10.6. The Balaban J connectivity index is 1.84. The standard InChI is InChI=1S/C25H28N2O4/c1-26-20-12-8-7-11-18(20)19-15-22(25(29)31-3)27(16-17-9-5-4-6-10-17)21(24(19)26)13-14-23(28)30-2/h4-12,21-22H,13-16H2,1-3H3/t21-,22+/m1/s1. The van der Waals surface area contributed by atoms with E-state index in [4.69, 9.17) is 9.47 Å². The lowest BCUT2D eigenvalue weighted by molar-refractivity contribution is -0.149. The van der Waals surface area contributed by atoms with E-state index in [2.05, 4.69) is 40.8 Å². The van der Waals surface area contributed by atoms with Crippen molar-refractivity contribution in [1.82, 2.24) is 9.47 Å². The minimum Gasteiger partial charge on any atom is -0.469 e. The molecular formula is C25H28N2O4. The molecule has 0 radical (unpaired) electrons. The first-order chi connectivity index (χ1) is 15.0. The first kappa shape index (κ1) is 21.1. The molecule has 162 valence electrons. The highest BCUT2D eigenvalue weighted by Crippen LogP contribution is 2.42. The normalized spacial score (nSPS) is 18.5. The molecule has 1 aliphatic heterocycles. The zero-order valence-corrected chi connectivity index (χ0v) is 18.2. The van der Waals surface area contributed by atoms with Crippen LogP contribution in [-0.4, -0.2) is 41.7 Å². The zero-order valence-electron chi connectivity index (χ0n) is 18.2. The summed E-state index contributed by atoms with van der Waals surface area (Å²) in [6.45, 7) is 0.591. The average molecular weight is 421 g/mol. The van der Waals surface area contributed by atoms with Crippen molar-refractivity contribution < 1.29 is 19.1 Å². The molecule has 0 saturated heterocycles. The van der Waals surface area contributed by atoms with Gasteiger partial charge in [0, 0.05) is 43.0 Å². The number of nitrogens with zero attached hydrogens (tertiary/aromatic N) is 2. The highest BCUT2D eigenvalue weighted by Gasteiger charge is 2.41. The van der Waals surface area contributed by atoms with E-state index in [0.29, 0.717) is 19.4 Å². The molecule has 31 heavy (non-hydrogen) atoms. The quantitative estimate of drug-likeness (QED) is 0.568. The lowest BCUT2D eigenvalue weighted by Gasteiger charge is -2.41. The van der Waals surface area contributed by atoms with Crippen molar-refractivity contribution in [2.45, 2.75) is 37.9 Å². The zero-order chi connectivity index (χ0) is 22.0. The van der Waals surface area contributed by atoms with Crippen LogP contribution in [0.5, 0.6) is 0 Å². The molecule has 3 aromatic rings. The predicted octanol–water partition coefficient (Wildman–Crippen LogP) is 3.77. The number of aryl methyl sites for hydroxylation is 1. The summed E-state index contributed by atoms with van der Waals surface area (Å²) in [5.74, 6) is -0.502. The molecule has 2 aromatic carbocycles. The van der Waals surface area contributed by atoms with E-state index in [1.807, 2.05) is 30.3 Å². The molecule has 0 saturated carbocycles. The van der Waals surface area contributed by atoms with Gasteiger partial charge in [0.15, 0.2) is 0 Å². The maximum absolute atomic E-state index is 12.9. The molecule has 6 heteroatoms. The largest absolute Gasteiger partial charge is 0.469 e. The predicted molar refractivity (Wildman–Crippen MR) is 118 cm³/mol. The van der Waals surface area contributed by atoms with Gasteiger partial charge in [-0.2, -0.15) is 0 Å². The van der Waals surface area contributed by atoms with Crippen LogP contribution in [0.15, 0.2) is 54.6 Å². The summed E-state index contributed by atoms with van der Waals surface area (Å²) < 4.78 is 12.3. The third-order valence-electron chi connectivity index (χ3n) is 6.31. The fourth-order valence-electron chi connectivity index (χ4n) is 4.84. The molecule has 1 aliphatic rings. The molecule has 2 atom stereocenters. The van der Waals surface area contributed by atoms with Crippen LogP contribution in [0.1, 0.15) is 35.7 Å². The number of hydrogen-bond donors (Lipinski definition) is 0. The van der Waals surface area contributed by atoms with E-state index in [9.17, 15) is 9.59 Å². The fourth-order valence-corrected chi connectivity index (χ4v) is 4.84. The van der Waals surface area contributed by atoms with Gasteiger partial charge in [-0.1, -0.05) is 48.5 Å². The molecule has 1 aromatic heterocycles. The highest BCUT2D eigenvalue weighted by molar-refractivity contribution is 5.88. The van der Waals surface area contributed by atoms with Gasteiger partial charge in [0.2, 0.25) is 0 Å². The Morgan fingerprint density at radius 3 is 2.42 bits per heavy atom. The van der Waals surface area contributed by atoms with Crippen LogP contribution in [-0.2, 0) is 39.1 Å². The molecule has 0 unspecified atom stereocenters. The number of esters is 2. The van der Waals surface area contributed by atoms with E-state index in [1.54, 1.807) is 0 Å². The Kier molecular flexibility index (Phi) is 6.09. The maximum Gasteiger partial charge on any atom is 0.323 e. The molecule has 0 spiro atoms. The molecule has 0 N–H and O–H groups in total. The SMILES string of the molecule is COC(=O)CC[C@@H]1c2c(c3ccccc3n2C)C[C@@H](C(=O)OC)N1Cc1ccccc1. The topological polar surface area (TPSA) is 60.8 Å². The van der Waals surface area contributed by atoms with Gasteiger partial charge >= 0.3 is 11.9 Å². The molecule has 2 heterocycles. The van der Waals surface area contributed by atoms with Crippen molar-refractivity contribution in [2.24, 2.45) is 7.05 Å². The molecule has 0 aliphatic carbocycles. The second kappa shape index (κ2) is 8.94. The van der Waals surface area contributed by atoms with Gasteiger partial charge in [-0.25, -0.2) is 0 Å². The summed E-state index contributed by atoms with van der Waals surface area (Å²) in [5.41, 5.74) is 4.55. The second-order valence-electron chi connectivity index (χ2n) is 7.97. The lowest BCUT2D eigenvalue weighted by atomic mass is 9.88. The van der Waals surface area contributed by atoms with E-state index in [0.717, 1.165) is 27.7 Å². The molecule has 4 rings (SSSR count). The van der Waals surface area contributed by atoms with Gasteiger partial charge < -0.3 is 14.0 Å². The van der Waals surface area contributed by atoms with Crippen LogP contribution in [0, 0.1) is 0 Å². The van der Waals surface area contributed by atoms with Crippen LogP contribution < -0.4 is 0 Å². The summed E-state index contributed by atoms with van der Waals surface area (Å²) >= 11 is 0.